The van der Waals surface area contributed by atoms with E-state index in [1.54, 1.807) is 17.9 Å². The molecule has 0 spiro atoms. The minimum absolute atomic E-state index is 0.453. The first-order chi connectivity index (χ1) is 6.89. The second kappa shape index (κ2) is 3.98. The van der Waals surface area contributed by atoms with Gasteiger partial charge in [0.2, 0.25) is 0 Å². The molecule has 0 aromatic carbocycles. The number of carbonyl (C=O) groups excluding carboxylic acids is 1. The molecule has 1 rings (SSSR count). The maximum absolute atomic E-state index is 11.3. The van der Waals surface area contributed by atoms with Gasteiger partial charge in [-0.05, 0) is 0 Å². The van der Waals surface area contributed by atoms with E-state index in [0.29, 0.717) is 5.69 Å². The van der Waals surface area contributed by atoms with Crippen LogP contribution in [-0.4, -0.2) is 34.1 Å². The summed E-state index contributed by atoms with van der Waals surface area (Å²) in [6, 6.07) is -0.751. The largest absolute Gasteiger partial charge is 0.468 e. The minimum Gasteiger partial charge on any atom is -0.468 e. The van der Waals surface area contributed by atoms with Gasteiger partial charge in [0.15, 0.2) is 0 Å². The molecule has 0 aliphatic carbocycles. The highest BCUT2D eigenvalue weighted by Crippen LogP contribution is 2.24. The first-order valence-electron chi connectivity index (χ1n) is 4.59. The lowest BCUT2D eigenvalue weighted by atomic mass is 9.82. The van der Waals surface area contributed by atoms with Gasteiger partial charge < -0.3 is 10.5 Å². The smallest absolute Gasteiger partial charge is 0.323 e. The molecule has 0 aliphatic heterocycles. The summed E-state index contributed by atoms with van der Waals surface area (Å²) in [5, 5.41) is 7.76. The fourth-order valence-corrected chi connectivity index (χ4v) is 1.22. The third-order valence-corrected chi connectivity index (χ3v) is 2.50. The highest BCUT2D eigenvalue weighted by atomic mass is 16.5. The Labute approximate surface area is 88.4 Å². The van der Waals surface area contributed by atoms with Crippen LogP contribution in [0.2, 0.25) is 0 Å². The van der Waals surface area contributed by atoms with Crippen molar-refractivity contribution in [3.05, 3.63) is 11.9 Å². The van der Waals surface area contributed by atoms with E-state index in [4.69, 9.17) is 5.73 Å². The Morgan fingerprint density at radius 3 is 2.67 bits per heavy atom. The highest BCUT2D eigenvalue weighted by Gasteiger charge is 2.36. The molecule has 0 radical (unpaired) electrons. The third-order valence-electron chi connectivity index (χ3n) is 2.50. The van der Waals surface area contributed by atoms with Crippen LogP contribution >= 0.6 is 0 Å². The number of methoxy groups -OCH3 is 1. The maximum Gasteiger partial charge on any atom is 0.323 e. The molecule has 1 unspecified atom stereocenters. The van der Waals surface area contributed by atoms with Gasteiger partial charge in [-0.2, -0.15) is 0 Å². The zero-order valence-corrected chi connectivity index (χ0v) is 9.39. The van der Waals surface area contributed by atoms with Gasteiger partial charge in [-0.25, -0.2) is 0 Å². The lowest BCUT2D eigenvalue weighted by Gasteiger charge is -2.26. The summed E-state index contributed by atoms with van der Waals surface area (Å²) in [6.45, 7) is 3.66. The standard InChI is InChI=1S/C9H16N4O2/c1-9(2,7(10)8(14)15-4)6-5-13(3)12-11-6/h5,7H,10H2,1-4H3. The van der Waals surface area contributed by atoms with Crippen molar-refractivity contribution in [3.63, 3.8) is 0 Å². The Balaban J connectivity index is 2.96. The molecule has 1 atom stereocenters. The van der Waals surface area contributed by atoms with Crippen molar-refractivity contribution in [3.8, 4) is 0 Å². The van der Waals surface area contributed by atoms with Crippen molar-refractivity contribution in [1.82, 2.24) is 15.0 Å². The van der Waals surface area contributed by atoms with Gasteiger partial charge in [0.1, 0.15) is 6.04 Å². The van der Waals surface area contributed by atoms with E-state index in [9.17, 15) is 4.79 Å². The van der Waals surface area contributed by atoms with Gasteiger partial charge in [-0.3, -0.25) is 9.48 Å². The van der Waals surface area contributed by atoms with Crippen molar-refractivity contribution >= 4 is 5.97 Å². The van der Waals surface area contributed by atoms with E-state index < -0.39 is 17.4 Å². The van der Waals surface area contributed by atoms with Crippen molar-refractivity contribution < 1.29 is 9.53 Å². The first kappa shape index (κ1) is 11.6. The van der Waals surface area contributed by atoms with Gasteiger partial charge in [0.05, 0.1) is 12.8 Å². The lowest BCUT2D eigenvalue weighted by Crippen LogP contribution is -2.47. The molecular weight excluding hydrogens is 196 g/mol. The maximum atomic E-state index is 11.3. The van der Waals surface area contributed by atoms with Gasteiger partial charge in [0, 0.05) is 18.7 Å². The lowest BCUT2D eigenvalue weighted by molar-refractivity contribution is -0.143. The molecule has 2 N–H and O–H groups in total. The number of aromatic nitrogens is 3. The molecule has 15 heavy (non-hydrogen) atoms. The molecule has 1 heterocycles. The number of rotatable bonds is 3. The van der Waals surface area contributed by atoms with E-state index in [1.807, 2.05) is 13.8 Å². The highest BCUT2D eigenvalue weighted by molar-refractivity contribution is 5.77. The van der Waals surface area contributed by atoms with Gasteiger partial charge in [-0.15, -0.1) is 5.10 Å². The number of hydrogen-bond donors (Lipinski definition) is 1. The average Bonchev–Trinajstić information content (AvgIpc) is 2.63. The average molecular weight is 212 g/mol. The van der Waals surface area contributed by atoms with Crippen LogP contribution in [0.5, 0.6) is 0 Å². The Kier molecular flexibility index (Phi) is 3.09. The van der Waals surface area contributed by atoms with Crippen LogP contribution in [0.1, 0.15) is 19.5 Å². The van der Waals surface area contributed by atoms with E-state index in [2.05, 4.69) is 15.0 Å². The Bertz CT molecular complexity index is 359. The molecule has 0 saturated heterocycles. The summed E-state index contributed by atoms with van der Waals surface area (Å²) in [5.41, 5.74) is 5.87. The van der Waals surface area contributed by atoms with E-state index in [-0.39, 0.29) is 0 Å². The van der Waals surface area contributed by atoms with Crippen LogP contribution in [0.15, 0.2) is 6.20 Å². The summed E-state index contributed by atoms with van der Waals surface area (Å²) in [7, 11) is 3.07. The predicted octanol–water partition coefficient (Wildman–Crippen LogP) is -0.407. The van der Waals surface area contributed by atoms with Gasteiger partial charge in [-0.1, -0.05) is 19.1 Å². The van der Waals surface area contributed by atoms with Gasteiger partial charge >= 0.3 is 5.97 Å². The number of ether oxygens (including phenoxy) is 1. The van der Waals surface area contributed by atoms with Crippen LogP contribution in [-0.2, 0) is 22.0 Å². The molecule has 6 nitrogen and oxygen atoms in total. The monoisotopic (exact) mass is 212 g/mol. The van der Waals surface area contributed by atoms with Crippen molar-refractivity contribution in [1.29, 1.82) is 0 Å². The number of aryl methyl sites for hydroxylation is 1. The van der Waals surface area contributed by atoms with E-state index in [0.717, 1.165) is 0 Å². The zero-order chi connectivity index (χ0) is 11.6. The van der Waals surface area contributed by atoms with Gasteiger partial charge in [0.25, 0.3) is 0 Å². The zero-order valence-electron chi connectivity index (χ0n) is 9.39. The Morgan fingerprint density at radius 1 is 1.67 bits per heavy atom. The molecule has 0 amide bonds. The minimum atomic E-state index is -0.751. The second-order valence-electron chi connectivity index (χ2n) is 4.00. The van der Waals surface area contributed by atoms with E-state index in [1.165, 1.54) is 7.11 Å². The molecule has 1 aromatic heterocycles. The van der Waals surface area contributed by atoms with Crippen LogP contribution < -0.4 is 5.73 Å². The number of nitrogens with zero attached hydrogens (tertiary/aromatic N) is 3. The van der Waals surface area contributed by atoms with Crippen molar-refractivity contribution in [2.45, 2.75) is 25.3 Å². The molecule has 1 aromatic rings. The van der Waals surface area contributed by atoms with Crippen molar-refractivity contribution in [2.75, 3.05) is 7.11 Å². The number of carbonyl (C=O) groups is 1. The molecule has 84 valence electrons. The number of esters is 1. The quantitative estimate of drug-likeness (QED) is 0.689. The topological polar surface area (TPSA) is 83.0 Å². The molecule has 0 aliphatic rings. The molecule has 0 saturated carbocycles. The molecule has 0 bridgehead atoms. The Hall–Kier alpha value is -1.43. The molecular formula is C9H16N4O2. The second-order valence-corrected chi connectivity index (χ2v) is 4.00. The Morgan fingerprint density at radius 2 is 2.27 bits per heavy atom. The summed E-state index contributed by atoms with van der Waals surface area (Å²) >= 11 is 0. The predicted molar refractivity (Wildman–Crippen MR) is 54.0 cm³/mol. The first-order valence-corrected chi connectivity index (χ1v) is 4.59. The molecule has 0 fully saturated rings. The molecule has 6 heteroatoms. The number of nitrogens with two attached hydrogens (primary N) is 1. The van der Waals surface area contributed by atoms with E-state index >= 15 is 0 Å². The van der Waals surface area contributed by atoms with Crippen LogP contribution in [0.4, 0.5) is 0 Å². The summed E-state index contributed by atoms with van der Waals surface area (Å²) in [6.07, 6.45) is 1.74. The SMILES string of the molecule is COC(=O)C(N)C(C)(C)c1cn(C)nn1. The van der Waals surface area contributed by atoms with Crippen LogP contribution in [0.3, 0.4) is 0 Å². The van der Waals surface area contributed by atoms with Crippen molar-refractivity contribution in [2.24, 2.45) is 12.8 Å². The summed E-state index contributed by atoms with van der Waals surface area (Å²) in [5.74, 6) is -0.453. The fraction of sp³-hybridized carbons (Fsp3) is 0.667. The third kappa shape index (κ3) is 2.15. The fourth-order valence-electron chi connectivity index (χ4n) is 1.22. The number of hydrogen-bond acceptors (Lipinski definition) is 5. The summed E-state index contributed by atoms with van der Waals surface area (Å²) in [4.78, 5) is 11.3. The summed E-state index contributed by atoms with van der Waals surface area (Å²) < 4.78 is 6.18. The normalized spacial score (nSPS) is 13.7. The van der Waals surface area contributed by atoms with Crippen LogP contribution in [0, 0.1) is 0 Å². The van der Waals surface area contributed by atoms with Crippen LogP contribution in [0.25, 0.3) is 0 Å².